The van der Waals surface area contributed by atoms with E-state index in [2.05, 4.69) is 42.5 Å². The largest absolute Gasteiger partial charge is 0.506 e. The van der Waals surface area contributed by atoms with Crippen LogP contribution in [0.1, 0.15) is 18.1 Å². The lowest BCUT2D eigenvalue weighted by atomic mass is 10.0. The molecule has 5 N–H and O–H groups in total. The number of para-hydroxylation sites is 3. The number of hydrogen-bond donors (Lipinski definition) is 4. The fourth-order valence-corrected chi connectivity index (χ4v) is 4.21. The van der Waals surface area contributed by atoms with Crippen molar-refractivity contribution in [3.05, 3.63) is 93.4 Å². The minimum Gasteiger partial charge on any atom is -0.506 e. The van der Waals surface area contributed by atoms with Crippen LogP contribution in [0.5, 0.6) is 5.75 Å². The Kier molecular flexibility index (Phi) is 8.51. The molecule has 0 aliphatic rings. The molecule has 33 heavy (non-hydrogen) atoms. The highest BCUT2D eigenvalue weighted by Crippen LogP contribution is 2.38. The Morgan fingerprint density at radius 3 is 2.45 bits per heavy atom. The first kappa shape index (κ1) is 24.3. The van der Waals surface area contributed by atoms with Gasteiger partial charge in [-0.05, 0) is 58.4 Å². The molecule has 7 nitrogen and oxygen atoms in total. The average Bonchev–Trinajstić information content (AvgIpc) is 2.78. The van der Waals surface area contributed by atoms with Crippen molar-refractivity contribution in [2.45, 2.75) is 12.5 Å². The summed E-state index contributed by atoms with van der Waals surface area (Å²) in [4.78, 5) is 24.8. The number of nitrogens with one attached hydrogen (secondary N) is 2. The number of benzene rings is 3. The molecule has 9 heteroatoms. The van der Waals surface area contributed by atoms with Crippen LogP contribution >= 0.6 is 31.9 Å². The van der Waals surface area contributed by atoms with Crippen LogP contribution in [0.2, 0.25) is 0 Å². The summed E-state index contributed by atoms with van der Waals surface area (Å²) in [5.74, 6) is -0.453. The molecule has 0 aliphatic carbocycles. The van der Waals surface area contributed by atoms with Gasteiger partial charge in [-0.25, -0.2) is 4.79 Å². The molecule has 3 rings (SSSR count). The molecule has 1 atom stereocenters. The third-order valence-corrected chi connectivity index (χ3v) is 5.57. The van der Waals surface area contributed by atoms with Gasteiger partial charge < -0.3 is 20.9 Å². The Morgan fingerprint density at radius 2 is 1.73 bits per heavy atom. The Hall–Kier alpha value is -3.30. The molecule has 0 aliphatic heterocycles. The van der Waals surface area contributed by atoms with Gasteiger partial charge in [-0.15, -0.1) is 0 Å². The number of ether oxygens (including phenoxy) is 1. The van der Waals surface area contributed by atoms with Crippen molar-refractivity contribution in [1.82, 2.24) is 0 Å². The van der Waals surface area contributed by atoms with Crippen LogP contribution in [0.15, 0.2) is 87.8 Å². The van der Waals surface area contributed by atoms with Crippen molar-refractivity contribution >= 4 is 60.9 Å². The second-order valence-electron chi connectivity index (χ2n) is 6.92. The fourth-order valence-electron chi connectivity index (χ4n) is 2.95. The molecule has 0 radical (unpaired) electrons. The molecule has 0 fully saturated rings. The molecule has 0 heterocycles. The van der Waals surface area contributed by atoms with Crippen molar-refractivity contribution in [2.24, 2.45) is 0 Å². The lowest BCUT2D eigenvalue weighted by molar-refractivity contribution is -0.111. The number of phenols is 1. The van der Waals surface area contributed by atoms with Gasteiger partial charge in [-0.2, -0.15) is 0 Å². The van der Waals surface area contributed by atoms with Crippen LogP contribution < -0.4 is 16.4 Å². The zero-order valence-corrected chi connectivity index (χ0v) is 20.5. The van der Waals surface area contributed by atoms with E-state index in [1.165, 1.54) is 6.08 Å². The summed E-state index contributed by atoms with van der Waals surface area (Å²) in [6.45, 7) is 0. The highest BCUT2D eigenvalue weighted by Gasteiger charge is 2.21. The molecule has 3 aromatic carbocycles. The number of phenolic OH excluding ortho intramolecular Hbond substituents is 1. The van der Waals surface area contributed by atoms with Gasteiger partial charge in [-0.1, -0.05) is 52.3 Å². The summed E-state index contributed by atoms with van der Waals surface area (Å²) in [7, 11) is 0. The van der Waals surface area contributed by atoms with Crippen LogP contribution in [0.25, 0.3) is 0 Å². The van der Waals surface area contributed by atoms with E-state index in [1.54, 1.807) is 66.7 Å². The molecule has 0 unspecified atom stereocenters. The van der Waals surface area contributed by atoms with Crippen LogP contribution in [0.4, 0.5) is 21.9 Å². The van der Waals surface area contributed by atoms with Crippen molar-refractivity contribution in [3.8, 4) is 5.75 Å². The van der Waals surface area contributed by atoms with Crippen LogP contribution in [-0.4, -0.2) is 17.1 Å². The van der Waals surface area contributed by atoms with Gasteiger partial charge in [0.05, 0.1) is 15.8 Å². The predicted molar refractivity (Wildman–Crippen MR) is 136 cm³/mol. The predicted octanol–water partition coefficient (Wildman–Crippen LogP) is 6.37. The quantitative estimate of drug-likeness (QED) is 0.193. The molecule has 0 saturated heterocycles. The van der Waals surface area contributed by atoms with E-state index in [0.717, 1.165) is 0 Å². The van der Waals surface area contributed by atoms with Gasteiger partial charge in [0, 0.05) is 22.1 Å². The number of halogens is 2. The first-order chi connectivity index (χ1) is 15.8. The number of aromatic hydroxyl groups is 1. The van der Waals surface area contributed by atoms with Crippen molar-refractivity contribution in [3.63, 3.8) is 0 Å². The monoisotopic (exact) mass is 573 g/mol. The van der Waals surface area contributed by atoms with Gasteiger partial charge >= 0.3 is 6.09 Å². The van der Waals surface area contributed by atoms with Crippen LogP contribution in [0, 0.1) is 0 Å². The van der Waals surface area contributed by atoms with E-state index in [0.29, 0.717) is 31.6 Å². The molecule has 0 spiro atoms. The highest BCUT2D eigenvalue weighted by atomic mass is 79.9. The van der Waals surface area contributed by atoms with Gasteiger partial charge in [0.2, 0.25) is 5.91 Å². The Labute approximate surface area is 207 Å². The number of carbonyl (C=O) groups is 2. The minimum atomic E-state index is -0.867. The Balaban J connectivity index is 1.75. The first-order valence-corrected chi connectivity index (χ1v) is 11.4. The van der Waals surface area contributed by atoms with E-state index < -0.39 is 12.2 Å². The number of rotatable bonds is 7. The van der Waals surface area contributed by atoms with E-state index in [-0.39, 0.29) is 18.1 Å². The number of nitrogen functional groups attached to an aromatic ring is 1. The second kappa shape index (κ2) is 11.5. The average molecular weight is 575 g/mol. The number of carbonyl (C=O) groups excluding carboxylic acids is 2. The molecule has 170 valence electrons. The number of anilines is 3. The van der Waals surface area contributed by atoms with E-state index in [4.69, 9.17) is 10.5 Å². The second-order valence-corrected chi connectivity index (χ2v) is 8.70. The fraction of sp³-hybridized carbons (Fsp3) is 0.0833. The molecular weight excluding hydrogens is 554 g/mol. The molecule has 0 saturated carbocycles. The number of nitrogens with two attached hydrogens (primary N) is 1. The molecular formula is C24H21Br2N3O4. The van der Waals surface area contributed by atoms with Crippen molar-refractivity contribution < 1.29 is 19.4 Å². The topological polar surface area (TPSA) is 114 Å². The Bertz CT molecular complexity index is 1170. The van der Waals surface area contributed by atoms with E-state index in [1.807, 2.05) is 6.07 Å². The molecule has 3 aromatic rings. The summed E-state index contributed by atoms with van der Waals surface area (Å²) in [6, 6.07) is 19.1. The van der Waals surface area contributed by atoms with Crippen molar-refractivity contribution in [1.29, 1.82) is 0 Å². The number of hydrogen-bond acceptors (Lipinski definition) is 5. The van der Waals surface area contributed by atoms with Crippen LogP contribution in [0.3, 0.4) is 0 Å². The van der Waals surface area contributed by atoms with E-state index >= 15 is 0 Å². The smallest absolute Gasteiger partial charge is 0.412 e. The lowest BCUT2D eigenvalue weighted by Crippen LogP contribution is -2.17. The summed E-state index contributed by atoms with van der Waals surface area (Å²) in [6.07, 6.45) is 1.45. The SMILES string of the molecule is Nc1ccccc1NC(=O)/C=C/C[C@@H](OC(=O)Nc1ccccc1)c1cc(Br)cc(Br)c1O. The number of amides is 2. The zero-order valence-electron chi connectivity index (χ0n) is 17.3. The summed E-state index contributed by atoms with van der Waals surface area (Å²) < 4.78 is 6.71. The summed E-state index contributed by atoms with van der Waals surface area (Å²) in [5, 5.41) is 15.9. The van der Waals surface area contributed by atoms with Gasteiger partial charge in [0.1, 0.15) is 11.9 Å². The maximum atomic E-state index is 12.5. The van der Waals surface area contributed by atoms with Gasteiger partial charge in [0.15, 0.2) is 0 Å². The Morgan fingerprint density at radius 1 is 1.03 bits per heavy atom. The molecule has 2 amide bonds. The molecule has 0 aromatic heterocycles. The van der Waals surface area contributed by atoms with E-state index in [9.17, 15) is 14.7 Å². The molecule has 0 bridgehead atoms. The standard InChI is InChI=1S/C24H21Br2N3O4/c25-15-13-17(23(31)18(26)14-15)21(33-24(32)28-16-7-2-1-3-8-16)11-6-12-22(30)29-20-10-5-4-9-19(20)27/h1-10,12-14,21,31H,11,27H2,(H,28,32)(H,29,30)/b12-6+/t21-/m1/s1. The first-order valence-electron chi connectivity index (χ1n) is 9.86. The van der Waals surface area contributed by atoms with Gasteiger partial charge in [0.25, 0.3) is 0 Å². The summed E-state index contributed by atoms with van der Waals surface area (Å²) in [5.41, 5.74) is 7.73. The zero-order chi connectivity index (χ0) is 23.8. The van der Waals surface area contributed by atoms with Crippen LogP contribution in [-0.2, 0) is 9.53 Å². The lowest BCUT2D eigenvalue weighted by Gasteiger charge is -2.19. The minimum absolute atomic E-state index is 0.0642. The van der Waals surface area contributed by atoms with Gasteiger partial charge in [-0.3, -0.25) is 10.1 Å². The normalized spacial score (nSPS) is 11.7. The summed E-state index contributed by atoms with van der Waals surface area (Å²) >= 11 is 6.67. The third kappa shape index (κ3) is 7.10. The highest BCUT2D eigenvalue weighted by molar-refractivity contribution is 9.11. The maximum absolute atomic E-state index is 12.5. The maximum Gasteiger partial charge on any atom is 0.412 e. The van der Waals surface area contributed by atoms with Crippen molar-refractivity contribution in [2.75, 3.05) is 16.4 Å². The third-order valence-electron chi connectivity index (χ3n) is 4.51.